The van der Waals surface area contributed by atoms with Crippen molar-refractivity contribution in [2.45, 2.75) is 39.7 Å². The van der Waals surface area contributed by atoms with E-state index in [0.717, 1.165) is 18.8 Å². The molecule has 0 aliphatic heterocycles. The Morgan fingerprint density at radius 3 is 2.69 bits per heavy atom. The van der Waals surface area contributed by atoms with Gasteiger partial charge in [-0.3, -0.25) is 5.10 Å². The van der Waals surface area contributed by atoms with Crippen LogP contribution in [0.15, 0.2) is 0 Å². The van der Waals surface area contributed by atoms with Gasteiger partial charge in [-0.15, -0.1) is 0 Å². The number of hydrogen-bond donors (Lipinski definition) is 2. The number of unbranched alkanes of at least 4 members (excludes halogenated alkanes) is 2. The van der Waals surface area contributed by atoms with Crippen LogP contribution >= 0.6 is 11.8 Å². The number of aromatic amines is 1. The van der Waals surface area contributed by atoms with Crippen molar-refractivity contribution in [3.05, 3.63) is 17.0 Å². The molecule has 0 spiro atoms. The van der Waals surface area contributed by atoms with Gasteiger partial charge in [0.15, 0.2) is 0 Å². The largest absolute Gasteiger partial charge is 0.313 e. The molecule has 0 radical (unpaired) electrons. The van der Waals surface area contributed by atoms with Crippen molar-refractivity contribution < 1.29 is 0 Å². The first-order valence-electron chi connectivity index (χ1n) is 5.95. The van der Waals surface area contributed by atoms with E-state index in [-0.39, 0.29) is 0 Å². The van der Waals surface area contributed by atoms with Crippen LogP contribution in [0.4, 0.5) is 0 Å². The average molecular weight is 241 g/mol. The Morgan fingerprint density at radius 2 is 2.06 bits per heavy atom. The van der Waals surface area contributed by atoms with Crippen LogP contribution in [0.2, 0.25) is 0 Å². The molecule has 92 valence electrons. The van der Waals surface area contributed by atoms with E-state index in [1.165, 1.54) is 36.3 Å². The van der Waals surface area contributed by atoms with Gasteiger partial charge in [-0.1, -0.05) is 6.42 Å². The van der Waals surface area contributed by atoms with Crippen LogP contribution in [0.3, 0.4) is 0 Å². The molecular formula is C12H23N3S. The van der Waals surface area contributed by atoms with Crippen molar-refractivity contribution in [3.8, 4) is 0 Å². The number of aryl methyl sites for hydroxylation is 2. The lowest BCUT2D eigenvalue weighted by molar-refractivity contribution is 0.616. The Bertz CT molecular complexity index is 277. The van der Waals surface area contributed by atoms with Gasteiger partial charge in [0.1, 0.15) is 0 Å². The topological polar surface area (TPSA) is 40.7 Å². The zero-order chi connectivity index (χ0) is 11.8. The summed E-state index contributed by atoms with van der Waals surface area (Å²) in [5.41, 5.74) is 3.63. The highest BCUT2D eigenvalue weighted by atomic mass is 32.2. The van der Waals surface area contributed by atoms with E-state index in [0.29, 0.717) is 0 Å². The van der Waals surface area contributed by atoms with Crippen molar-refractivity contribution in [1.29, 1.82) is 0 Å². The Kier molecular flexibility index (Phi) is 6.57. The van der Waals surface area contributed by atoms with E-state index in [4.69, 9.17) is 0 Å². The lowest BCUT2D eigenvalue weighted by Gasteiger charge is -2.04. The molecule has 0 saturated carbocycles. The first kappa shape index (κ1) is 13.6. The second-order valence-corrected chi connectivity index (χ2v) is 5.13. The molecule has 0 unspecified atom stereocenters. The van der Waals surface area contributed by atoms with Gasteiger partial charge in [0.05, 0.1) is 5.69 Å². The van der Waals surface area contributed by atoms with Gasteiger partial charge in [0.2, 0.25) is 0 Å². The zero-order valence-electron chi connectivity index (χ0n) is 10.6. The SMILES string of the molecule is CSCCCCCNCc1c(C)n[nH]c1C. The highest BCUT2D eigenvalue weighted by Gasteiger charge is 2.04. The molecule has 1 heterocycles. The van der Waals surface area contributed by atoms with Crippen LogP contribution in [-0.2, 0) is 6.54 Å². The van der Waals surface area contributed by atoms with Crippen LogP contribution in [0.1, 0.15) is 36.2 Å². The second-order valence-electron chi connectivity index (χ2n) is 4.14. The minimum atomic E-state index is 0.941. The number of H-pyrrole nitrogens is 1. The fourth-order valence-corrected chi connectivity index (χ4v) is 2.21. The van der Waals surface area contributed by atoms with Crippen molar-refractivity contribution in [2.75, 3.05) is 18.6 Å². The molecule has 0 atom stereocenters. The molecule has 16 heavy (non-hydrogen) atoms. The van der Waals surface area contributed by atoms with Crippen LogP contribution in [0.25, 0.3) is 0 Å². The molecule has 0 bridgehead atoms. The molecule has 1 aromatic rings. The quantitative estimate of drug-likeness (QED) is 0.687. The van der Waals surface area contributed by atoms with E-state index in [2.05, 4.69) is 35.6 Å². The normalized spacial score (nSPS) is 10.9. The fraction of sp³-hybridized carbons (Fsp3) is 0.750. The molecule has 3 nitrogen and oxygen atoms in total. The summed E-state index contributed by atoms with van der Waals surface area (Å²) in [6.07, 6.45) is 6.11. The summed E-state index contributed by atoms with van der Waals surface area (Å²) in [6, 6.07) is 0. The van der Waals surface area contributed by atoms with Gasteiger partial charge in [-0.05, 0) is 45.2 Å². The molecule has 0 aliphatic carbocycles. The van der Waals surface area contributed by atoms with Crippen molar-refractivity contribution in [2.24, 2.45) is 0 Å². The van der Waals surface area contributed by atoms with Crippen LogP contribution in [-0.4, -0.2) is 28.8 Å². The third-order valence-electron chi connectivity index (χ3n) is 2.78. The molecule has 4 heteroatoms. The van der Waals surface area contributed by atoms with Crippen LogP contribution in [0, 0.1) is 13.8 Å². The van der Waals surface area contributed by atoms with E-state index in [1.807, 2.05) is 11.8 Å². The lowest BCUT2D eigenvalue weighted by atomic mass is 10.2. The third-order valence-corrected chi connectivity index (χ3v) is 3.48. The maximum absolute atomic E-state index is 4.19. The minimum Gasteiger partial charge on any atom is -0.313 e. The molecular weight excluding hydrogens is 218 g/mol. The summed E-state index contributed by atoms with van der Waals surface area (Å²) in [4.78, 5) is 0. The van der Waals surface area contributed by atoms with Gasteiger partial charge in [0.25, 0.3) is 0 Å². The number of rotatable bonds is 8. The fourth-order valence-electron chi connectivity index (χ4n) is 1.72. The summed E-state index contributed by atoms with van der Waals surface area (Å²) in [7, 11) is 0. The molecule has 1 aromatic heterocycles. The predicted octanol–water partition coefficient (Wildman–Crippen LogP) is 2.65. The summed E-state index contributed by atoms with van der Waals surface area (Å²) < 4.78 is 0. The number of thioether (sulfide) groups is 1. The first-order chi connectivity index (χ1) is 7.75. The molecule has 0 fully saturated rings. The lowest BCUT2D eigenvalue weighted by Crippen LogP contribution is -2.15. The third kappa shape index (κ3) is 4.58. The monoisotopic (exact) mass is 241 g/mol. The second kappa shape index (κ2) is 7.74. The van der Waals surface area contributed by atoms with E-state index in [1.54, 1.807) is 0 Å². The first-order valence-corrected chi connectivity index (χ1v) is 7.35. The molecule has 0 aliphatic rings. The van der Waals surface area contributed by atoms with Gasteiger partial charge < -0.3 is 5.32 Å². The Labute approximate surface area is 103 Å². The van der Waals surface area contributed by atoms with Gasteiger partial charge in [-0.2, -0.15) is 16.9 Å². The highest BCUT2D eigenvalue weighted by Crippen LogP contribution is 2.08. The summed E-state index contributed by atoms with van der Waals surface area (Å²) in [5.74, 6) is 1.29. The Hall–Kier alpha value is -0.480. The highest BCUT2D eigenvalue weighted by molar-refractivity contribution is 7.98. The van der Waals surface area contributed by atoms with E-state index < -0.39 is 0 Å². The summed E-state index contributed by atoms with van der Waals surface area (Å²) in [6.45, 7) is 6.18. The minimum absolute atomic E-state index is 0.941. The number of hydrogen-bond acceptors (Lipinski definition) is 3. The molecule has 2 N–H and O–H groups in total. The summed E-state index contributed by atoms with van der Waals surface area (Å²) >= 11 is 1.93. The standard InChI is InChI=1S/C12H23N3S/c1-10-12(11(2)15-14-10)9-13-7-5-4-6-8-16-3/h13H,4-9H2,1-3H3,(H,14,15). The molecule has 1 rings (SSSR count). The number of aromatic nitrogens is 2. The van der Waals surface area contributed by atoms with Crippen LogP contribution < -0.4 is 5.32 Å². The Morgan fingerprint density at radius 1 is 1.25 bits per heavy atom. The molecule has 0 amide bonds. The van der Waals surface area contributed by atoms with E-state index >= 15 is 0 Å². The maximum Gasteiger partial charge on any atom is 0.0638 e. The Balaban J connectivity index is 2.07. The van der Waals surface area contributed by atoms with Gasteiger partial charge in [-0.25, -0.2) is 0 Å². The molecule has 0 aromatic carbocycles. The predicted molar refractivity (Wildman–Crippen MR) is 72.0 cm³/mol. The van der Waals surface area contributed by atoms with Crippen molar-refractivity contribution >= 4 is 11.8 Å². The van der Waals surface area contributed by atoms with Crippen molar-refractivity contribution in [1.82, 2.24) is 15.5 Å². The number of nitrogens with zero attached hydrogens (tertiary/aromatic N) is 1. The van der Waals surface area contributed by atoms with Gasteiger partial charge in [0, 0.05) is 17.8 Å². The number of nitrogens with one attached hydrogen (secondary N) is 2. The van der Waals surface area contributed by atoms with Gasteiger partial charge >= 0.3 is 0 Å². The smallest absolute Gasteiger partial charge is 0.0638 e. The zero-order valence-corrected chi connectivity index (χ0v) is 11.4. The maximum atomic E-state index is 4.19. The van der Waals surface area contributed by atoms with Crippen molar-refractivity contribution in [3.63, 3.8) is 0 Å². The van der Waals surface area contributed by atoms with Crippen LogP contribution in [0.5, 0.6) is 0 Å². The van der Waals surface area contributed by atoms with E-state index in [9.17, 15) is 0 Å². The average Bonchev–Trinajstić information content (AvgIpc) is 2.59. The summed E-state index contributed by atoms with van der Waals surface area (Å²) in [5, 5.41) is 10.7. The molecule has 0 saturated heterocycles.